The van der Waals surface area contributed by atoms with Crippen molar-refractivity contribution < 1.29 is 4.39 Å². The van der Waals surface area contributed by atoms with E-state index in [0.29, 0.717) is 12.1 Å². The van der Waals surface area contributed by atoms with Crippen LogP contribution in [0.3, 0.4) is 0 Å². The Morgan fingerprint density at radius 1 is 1.25 bits per heavy atom. The van der Waals surface area contributed by atoms with Gasteiger partial charge in [0.1, 0.15) is 10.6 Å². The van der Waals surface area contributed by atoms with Crippen molar-refractivity contribution in [1.29, 1.82) is 0 Å². The third-order valence-corrected chi connectivity index (χ3v) is 5.23. The molecule has 0 aliphatic carbocycles. The molecule has 0 aliphatic heterocycles. The fraction of sp³-hybridized carbons (Fsp3) is 0.222. The minimum Gasteiger partial charge on any atom is -0.363 e. The smallest absolute Gasteiger partial charge is 0.166 e. The molecule has 3 heterocycles. The van der Waals surface area contributed by atoms with Gasteiger partial charge in [0.05, 0.1) is 10.2 Å². The normalized spacial score (nSPS) is 11.5. The lowest BCUT2D eigenvalue weighted by Gasteiger charge is -2.04. The van der Waals surface area contributed by atoms with E-state index >= 15 is 0 Å². The molecule has 0 saturated carbocycles. The van der Waals surface area contributed by atoms with Crippen LogP contribution in [-0.2, 0) is 13.6 Å². The number of rotatable bonds is 3. The number of benzene rings is 1. The second-order valence-corrected chi connectivity index (χ2v) is 6.96. The third kappa shape index (κ3) is 2.34. The van der Waals surface area contributed by atoms with E-state index in [1.807, 2.05) is 24.7 Å². The van der Waals surface area contributed by atoms with Crippen LogP contribution in [-0.4, -0.2) is 14.8 Å². The molecule has 0 radical (unpaired) electrons. The van der Waals surface area contributed by atoms with Gasteiger partial charge in [-0.1, -0.05) is 18.2 Å². The summed E-state index contributed by atoms with van der Waals surface area (Å²) in [5, 5.41) is 8.99. The first kappa shape index (κ1) is 15.1. The van der Waals surface area contributed by atoms with Gasteiger partial charge in [0, 0.05) is 30.2 Å². The molecule has 0 unspecified atom stereocenters. The summed E-state index contributed by atoms with van der Waals surface area (Å²) in [7, 11) is 1.93. The standard InChI is InChI=1S/C18H17FN4S/c1-10-8-11(2)21-18-14(10)15-16(24-18)17(22-23(15)3)20-9-12-6-4-5-7-13(12)19/h4-8H,9H2,1-3H3,(H,20,22). The van der Waals surface area contributed by atoms with E-state index in [1.54, 1.807) is 23.5 Å². The summed E-state index contributed by atoms with van der Waals surface area (Å²) in [6.45, 7) is 4.51. The summed E-state index contributed by atoms with van der Waals surface area (Å²) in [6.07, 6.45) is 0. The maximum atomic E-state index is 13.8. The Bertz CT molecular complexity index is 1060. The lowest BCUT2D eigenvalue weighted by atomic mass is 10.1. The number of fused-ring (bicyclic) bond motifs is 3. The Balaban J connectivity index is 1.79. The predicted molar refractivity (Wildman–Crippen MR) is 97.1 cm³/mol. The van der Waals surface area contributed by atoms with Gasteiger partial charge in [0.25, 0.3) is 0 Å². The molecule has 0 spiro atoms. The highest BCUT2D eigenvalue weighted by atomic mass is 32.1. The van der Waals surface area contributed by atoms with Crippen molar-refractivity contribution in [3.05, 3.63) is 53.0 Å². The average Bonchev–Trinajstić information content (AvgIpc) is 3.04. The average molecular weight is 340 g/mol. The Morgan fingerprint density at radius 3 is 2.83 bits per heavy atom. The maximum absolute atomic E-state index is 13.8. The number of hydrogen-bond acceptors (Lipinski definition) is 4. The number of nitrogens with one attached hydrogen (secondary N) is 1. The number of hydrogen-bond donors (Lipinski definition) is 1. The lowest BCUT2D eigenvalue weighted by molar-refractivity contribution is 0.613. The number of nitrogens with zero attached hydrogens (tertiary/aromatic N) is 3. The van der Waals surface area contributed by atoms with E-state index in [1.165, 1.54) is 11.6 Å². The number of pyridine rings is 1. The molecule has 0 fully saturated rings. The molecule has 0 saturated heterocycles. The van der Waals surface area contributed by atoms with Gasteiger partial charge in [-0.3, -0.25) is 4.68 Å². The SMILES string of the molecule is Cc1cc(C)c2c(n1)sc1c(NCc3ccccc3F)nn(C)c12. The molecular formula is C18H17FN4S. The van der Waals surface area contributed by atoms with Crippen molar-refractivity contribution in [2.75, 3.05) is 5.32 Å². The van der Waals surface area contributed by atoms with Crippen LogP contribution in [0.15, 0.2) is 30.3 Å². The topological polar surface area (TPSA) is 42.7 Å². The molecule has 0 bridgehead atoms. The quantitative estimate of drug-likeness (QED) is 0.595. The monoisotopic (exact) mass is 340 g/mol. The van der Waals surface area contributed by atoms with Crippen LogP contribution in [0.2, 0.25) is 0 Å². The highest BCUT2D eigenvalue weighted by molar-refractivity contribution is 7.26. The molecular weight excluding hydrogens is 323 g/mol. The molecule has 24 heavy (non-hydrogen) atoms. The molecule has 0 amide bonds. The van der Waals surface area contributed by atoms with Crippen LogP contribution < -0.4 is 5.32 Å². The van der Waals surface area contributed by atoms with Crippen LogP contribution in [0.5, 0.6) is 0 Å². The molecule has 122 valence electrons. The summed E-state index contributed by atoms with van der Waals surface area (Å²) in [6, 6.07) is 8.88. The zero-order valence-electron chi connectivity index (χ0n) is 13.7. The van der Waals surface area contributed by atoms with Crippen molar-refractivity contribution in [2.24, 2.45) is 7.05 Å². The summed E-state index contributed by atoms with van der Waals surface area (Å²) in [4.78, 5) is 5.67. The van der Waals surface area contributed by atoms with Crippen molar-refractivity contribution >= 4 is 37.6 Å². The van der Waals surface area contributed by atoms with Gasteiger partial charge in [0.15, 0.2) is 5.82 Å². The summed E-state index contributed by atoms with van der Waals surface area (Å²) in [5.41, 5.74) is 3.92. The first-order valence-corrected chi connectivity index (χ1v) is 8.57. The molecule has 3 aromatic heterocycles. The molecule has 4 rings (SSSR count). The lowest BCUT2D eigenvalue weighted by Crippen LogP contribution is -2.03. The van der Waals surface area contributed by atoms with Crippen molar-refractivity contribution in [1.82, 2.24) is 14.8 Å². The zero-order chi connectivity index (χ0) is 16.8. The molecule has 1 aromatic carbocycles. The van der Waals surface area contributed by atoms with Gasteiger partial charge in [-0.2, -0.15) is 5.10 Å². The first-order valence-electron chi connectivity index (χ1n) is 7.75. The summed E-state index contributed by atoms with van der Waals surface area (Å²) >= 11 is 1.63. The minimum atomic E-state index is -0.207. The van der Waals surface area contributed by atoms with Gasteiger partial charge in [0.2, 0.25) is 0 Å². The van der Waals surface area contributed by atoms with Gasteiger partial charge in [-0.25, -0.2) is 9.37 Å². The predicted octanol–water partition coefficient (Wildman–Crippen LogP) is 4.55. The fourth-order valence-electron chi connectivity index (χ4n) is 3.07. The van der Waals surface area contributed by atoms with Gasteiger partial charge >= 0.3 is 0 Å². The molecule has 0 aliphatic rings. The van der Waals surface area contributed by atoms with E-state index in [2.05, 4.69) is 28.4 Å². The van der Waals surface area contributed by atoms with E-state index in [9.17, 15) is 4.39 Å². The second kappa shape index (κ2) is 5.56. The number of aromatic nitrogens is 3. The molecule has 0 atom stereocenters. The van der Waals surface area contributed by atoms with Crippen LogP contribution in [0.25, 0.3) is 20.4 Å². The molecule has 1 N–H and O–H groups in total. The van der Waals surface area contributed by atoms with Gasteiger partial charge < -0.3 is 5.32 Å². The Morgan fingerprint density at radius 2 is 2.04 bits per heavy atom. The molecule has 4 nitrogen and oxygen atoms in total. The fourth-order valence-corrected chi connectivity index (χ4v) is 4.36. The Hall–Kier alpha value is -2.47. The number of halogens is 1. The Kier molecular flexibility index (Phi) is 3.49. The van der Waals surface area contributed by atoms with Crippen LogP contribution >= 0.6 is 11.3 Å². The van der Waals surface area contributed by atoms with Crippen molar-refractivity contribution in [3.8, 4) is 0 Å². The van der Waals surface area contributed by atoms with Gasteiger partial charge in [-0.15, -0.1) is 11.3 Å². The first-order chi connectivity index (χ1) is 11.5. The van der Waals surface area contributed by atoms with Crippen LogP contribution in [0.1, 0.15) is 16.8 Å². The highest BCUT2D eigenvalue weighted by Gasteiger charge is 2.18. The summed E-state index contributed by atoms with van der Waals surface area (Å²) < 4.78 is 16.7. The van der Waals surface area contributed by atoms with E-state index in [4.69, 9.17) is 0 Å². The van der Waals surface area contributed by atoms with Gasteiger partial charge in [-0.05, 0) is 31.5 Å². The van der Waals surface area contributed by atoms with Crippen molar-refractivity contribution in [2.45, 2.75) is 20.4 Å². The van der Waals surface area contributed by atoms with E-state index in [0.717, 1.165) is 31.9 Å². The second-order valence-electron chi connectivity index (χ2n) is 5.96. The number of aryl methyl sites for hydroxylation is 3. The largest absolute Gasteiger partial charge is 0.363 e. The number of thiophene rings is 1. The third-order valence-electron chi connectivity index (χ3n) is 4.15. The van der Waals surface area contributed by atoms with E-state index < -0.39 is 0 Å². The molecule has 4 aromatic rings. The molecule has 6 heteroatoms. The highest BCUT2D eigenvalue weighted by Crippen LogP contribution is 2.38. The number of anilines is 1. The Labute approximate surface area is 142 Å². The van der Waals surface area contributed by atoms with Crippen molar-refractivity contribution in [3.63, 3.8) is 0 Å². The summed E-state index contributed by atoms with van der Waals surface area (Å²) in [5.74, 6) is 0.567. The minimum absolute atomic E-state index is 0.207. The zero-order valence-corrected chi connectivity index (χ0v) is 14.5. The maximum Gasteiger partial charge on any atom is 0.166 e. The van der Waals surface area contributed by atoms with Crippen LogP contribution in [0.4, 0.5) is 10.2 Å². The van der Waals surface area contributed by atoms with Crippen LogP contribution in [0, 0.1) is 19.7 Å². The van der Waals surface area contributed by atoms with E-state index in [-0.39, 0.29) is 5.82 Å².